The minimum Gasteiger partial charge on any atom is -0.465 e. The fourth-order valence-electron chi connectivity index (χ4n) is 2.20. The zero-order valence-corrected chi connectivity index (χ0v) is 10.3. The number of esters is 1. The van der Waals surface area contributed by atoms with Crippen molar-refractivity contribution in [2.75, 3.05) is 6.61 Å². The Bertz CT molecular complexity index is 662. The van der Waals surface area contributed by atoms with Crippen LogP contribution in [0.15, 0.2) is 12.1 Å². The average Bonchev–Trinajstić information content (AvgIpc) is 3.05. The van der Waals surface area contributed by atoms with Gasteiger partial charge in [-0.3, -0.25) is 4.79 Å². The quantitative estimate of drug-likeness (QED) is 0.868. The van der Waals surface area contributed by atoms with Gasteiger partial charge < -0.3 is 9.72 Å². The van der Waals surface area contributed by atoms with Gasteiger partial charge in [-0.05, 0) is 25.8 Å². The molecule has 0 radical (unpaired) electrons. The summed E-state index contributed by atoms with van der Waals surface area (Å²) in [6, 6.07) is 1.94. The van der Waals surface area contributed by atoms with Crippen molar-refractivity contribution in [3.63, 3.8) is 0 Å². The molecular formula is C13H12F2N2O2. The van der Waals surface area contributed by atoms with E-state index in [1.54, 1.807) is 6.92 Å². The minimum absolute atomic E-state index is 0.0481. The van der Waals surface area contributed by atoms with E-state index in [1.165, 1.54) is 0 Å². The lowest BCUT2D eigenvalue weighted by Crippen LogP contribution is -2.24. The van der Waals surface area contributed by atoms with E-state index in [0.29, 0.717) is 18.7 Å². The van der Waals surface area contributed by atoms with Gasteiger partial charge in [0.05, 0.1) is 12.1 Å². The normalized spacial score (nSPS) is 16.6. The van der Waals surface area contributed by atoms with Crippen LogP contribution in [0.2, 0.25) is 0 Å². The largest absolute Gasteiger partial charge is 0.465 e. The Balaban J connectivity index is 2.07. The first-order chi connectivity index (χ1) is 9.06. The molecule has 1 heterocycles. The number of halogens is 2. The Morgan fingerprint density at radius 3 is 2.84 bits per heavy atom. The average molecular weight is 266 g/mol. The predicted octanol–water partition coefficient (Wildman–Crippen LogP) is 2.44. The van der Waals surface area contributed by atoms with Crippen LogP contribution >= 0.6 is 0 Å². The highest BCUT2D eigenvalue weighted by Gasteiger charge is 2.55. The van der Waals surface area contributed by atoms with Crippen LogP contribution in [0.3, 0.4) is 0 Å². The molecule has 0 spiro atoms. The van der Waals surface area contributed by atoms with Crippen molar-refractivity contribution < 1.29 is 18.3 Å². The molecule has 0 amide bonds. The SMILES string of the molecule is CCOC(=O)C1(c2nc3c(F)cc(F)cc3[nH]2)CC1. The minimum atomic E-state index is -0.808. The Morgan fingerprint density at radius 2 is 2.21 bits per heavy atom. The van der Waals surface area contributed by atoms with E-state index in [0.717, 1.165) is 12.1 Å². The summed E-state index contributed by atoms with van der Waals surface area (Å²) in [5.41, 5.74) is -0.507. The molecule has 1 saturated carbocycles. The molecule has 2 aromatic rings. The van der Waals surface area contributed by atoms with Crippen LogP contribution in [0.4, 0.5) is 8.78 Å². The Morgan fingerprint density at radius 1 is 1.47 bits per heavy atom. The molecule has 1 fully saturated rings. The summed E-state index contributed by atoms with van der Waals surface area (Å²) in [5, 5.41) is 0. The number of aromatic nitrogens is 2. The maximum Gasteiger partial charge on any atom is 0.319 e. The highest BCUT2D eigenvalue weighted by molar-refractivity contribution is 5.87. The summed E-state index contributed by atoms with van der Waals surface area (Å²) in [7, 11) is 0. The van der Waals surface area contributed by atoms with Gasteiger partial charge >= 0.3 is 5.97 Å². The standard InChI is InChI=1S/C13H12F2N2O2/c1-2-19-12(18)13(3-4-13)11-16-9-6-7(14)5-8(15)10(9)17-11/h5-6H,2-4H2,1H3,(H,16,17). The van der Waals surface area contributed by atoms with E-state index in [9.17, 15) is 13.6 Å². The van der Waals surface area contributed by atoms with Gasteiger partial charge in [0.15, 0.2) is 5.82 Å². The molecule has 1 aliphatic carbocycles. The monoisotopic (exact) mass is 266 g/mol. The van der Waals surface area contributed by atoms with E-state index in [1.807, 2.05) is 0 Å². The number of aromatic amines is 1. The predicted molar refractivity (Wildman–Crippen MR) is 63.6 cm³/mol. The van der Waals surface area contributed by atoms with E-state index >= 15 is 0 Å². The summed E-state index contributed by atoms with van der Waals surface area (Å²) < 4.78 is 31.7. The smallest absolute Gasteiger partial charge is 0.319 e. The first-order valence-electron chi connectivity index (χ1n) is 6.09. The third-order valence-electron chi connectivity index (χ3n) is 3.37. The molecule has 100 valence electrons. The number of nitrogens with one attached hydrogen (secondary N) is 1. The molecule has 6 heteroatoms. The van der Waals surface area contributed by atoms with Gasteiger partial charge in [-0.1, -0.05) is 0 Å². The molecule has 0 bridgehead atoms. The van der Waals surface area contributed by atoms with Crippen molar-refractivity contribution in [2.24, 2.45) is 0 Å². The summed E-state index contributed by atoms with van der Waals surface area (Å²) in [4.78, 5) is 18.8. The summed E-state index contributed by atoms with van der Waals surface area (Å²) >= 11 is 0. The van der Waals surface area contributed by atoms with Gasteiger partial charge in [0, 0.05) is 6.07 Å². The number of carbonyl (C=O) groups excluding carboxylic acids is 1. The van der Waals surface area contributed by atoms with E-state index in [-0.39, 0.29) is 23.6 Å². The fraction of sp³-hybridized carbons (Fsp3) is 0.385. The Labute approximate surface area is 107 Å². The van der Waals surface area contributed by atoms with Crippen molar-refractivity contribution in [1.29, 1.82) is 0 Å². The molecule has 0 saturated heterocycles. The van der Waals surface area contributed by atoms with Crippen LogP contribution in [-0.2, 0) is 14.9 Å². The molecular weight excluding hydrogens is 254 g/mol. The maximum atomic E-state index is 13.6. The highest BCUT2D eigenvalue weighted by Crippen LogP contribution is 2.48. The highest BCUT2D eigenvalue weighted by atomic mass is 19.1. The van der Waals surface area contributed by atoms with Crippen LogP contribution in [0.1, 0.15) is 25.6 Å². The Hall–Kier alpha value is -1.98. The number of carbonyl (C=O) groups is 1. The number of ether oxygens (including phenoxy) is 1. The molecule has 1 aromatic heterocycles. The Kier molecular flexibility index (Phi) is 2.55. The van der Waals surface area contributed by atoms with Gasteiger partial charge in [-0.25, -0.2) is 13.8 Å². The van der Waals surface area contributed by atoms with Gasteiger partial charge in [-0.15, -0.1) is 0 Å². The number of fused-ring (bicyclic) bond motifs is 1. The summed E-state index contributed by atoms with van der Waals surface area (Å²) in [6.45, 7) is 2.01. The second-order valence-corrected chi connectivity index (χ2v) is 4.67. The van der Waals surface area contributed by atoms with Gasteiger partial charge in [-0.2, -0.15) is 0 Å². The lowest BCUT2D eigenvalue weighted by atomic mass is 10.1. The molecule has 4 nitrogen and oxygen atoms in total. The molecule has 1 aromatic carbocycles. The van der Waals surface area contributed by atoms with E-state index in [2.05, 4.69) is 9.97 Å². The zero-order chi connectivity index (χ0) is 13.6. The van der Waals surface area contributed by atoms with Crippen LogP contribution in [0.5, 0.6) is 0 Å². The van der Waals surface area contributed by atoms with Crippen molar-refractivity contribution in [3.05, 3.63) is 29.6 Å². The third-order valence-corrected chi connectivity index (χ3v) is 3.37. The van der Waals surface area contributed by atoms with Gasteiger partial charge in [0.2, 0.25) is 0 Å². The number of imidazole rings is 1. The van der Waals surface area contributed by atoms with Crippen LogP contribution < -0.4 is 0 Å². The number of rotatable bonds is 3. The molecule has 19 heavy (non-hydrogen) atoms. The second kappa shape index (κ2) is 4.01. The topological polar surface area (TPSA) is 55.0 Å². The summed E-state index contributed by atoms with van der Waals surface area (Å²) in [5.74, 6) is -1.43. The van der Waals surface area contributed by atoms with E-state index < -0.39 is 17.0 Å². The third kappa shape index (κ3) is 1.78. The molecule has 3 rings (SSSR count). The lowest BCUT2D eigenvalue weighted by molar-refractivity contribution is -0.146. The second-order valence-electron chi connectivity index (χ2n) is 4.67. The van der Waals surface area contributed by atoms with Crippen LogP contribution in [0, 0.1) is 11.6 Å². The summed E-state index contributed by atoms with van der Waals surface area (Å²) in [6.07, 6.45) is 1.21. The van der Waals surface area contributed by atoms with Crippen molar-refractivity contribution in [2.45, 2.75) is 25.2 Å². The lowest BCUT2D eigenvalue weighted by Gasteiger charge is -2.10. The van der Waals surface area contributed by atoms with Crippen LogP contribution in [-0.4, -0.2) is 22.5 Å². The first kappa shape index (κ1) is 12.1. The van der Waals surface area contributed by atoms with Crippen molar-refractivity contribution in [1.82, 2.24) is 9.97 Å². The zero-order valence-electron chi connectivity index (χ0n) is 10.3. The van der Waals surface area contributed by atoms with Crippen LogP contribution in [0.25, 0.3) is 11.0 Å². The van der Waals surface area contributed by atoms with Gasteiger partial charge in [0.25, 0.3) is 0 Å². The molecule has 1 aliphatic rings. The first-order valence-corrected chi connectivity index (χ1v) is 6.09. The van der Waals surface area contributed by atoms with Crippen molar-refractivity contribution >= 4 is 17.0 Å². The molecule has 0 aliphatic heterocycles. The fourth-order valence-corrected chi connectivity index (χ4v) is 2.20. The molecule has 1 N–H and O–H groups in total. The van der Waals surface area contributed by atoms with Crippen molar-refractivity contribution in [3.8, 4) is 0 Å². The maximum absolute atomic E-state index is 13.6. The number of nitrogens with zero attached hydrogens (tertiary/aromatic N) is 1. The number of hydrogen-bond acceptors (Lipinski definition) is 3. The van der Waals surface area contributed by atoms with E-state index in [4.69, 9.17) is 4.74 Å². The number of benzene rings is 1. The number of H-pyrrole nitrogens is 1. The molecule has 0 unspecified atom stereocenters. The number of hydrogen-bond donors (Lipinski definition) is 1. The molecule has 0 atom stereocenters. The van der Waals surface area contributed by atoms with Gasteiger partial charge in [0.1, 0.15) is 22.6 Å².